The van der Waals surface area contributed by atoms with Crippen LogP contribution in [0.15, 0.2) is 54.6 Å². The van der Waals surface area contributed by atoms with Gasteiger partial charge in [-0.1, -0.05) is 48.9 Å². The SMILES string of the molecule is COc1ccc([C@@H](NC(=O)COC(=O)C2CCC2)c2ccccc2)cc1. The van der Waals surface area contributed by atoms with Crippen LogP contribution in [0.4, 0.5) is 0 Å². The Morgan fingerprint density at radius 1 is 1.04 bits per heavy atom. The maximum Gasteiger partial charge on any atom is 0.309 e. The first kappa shape index (κ1) is 18.0. The second-order valence-corrected chi connectivity index (χ2v) is 6.42. The van der Waals surface area contributed by atoms with Gasteiger partial charge in [0.1, 0.15) is 5.75 Å². The van der Waals surface area contributed by atoms with E-state index in [2.05, 4.69) is 5.32 Å². The molecule has 2 aromatic carbocycles. The maximum absolute atomic E-state index is 12.3. The van der Waals surface area contributed by atoms with Crippen molar-refractivity contribution in [3.63, 3.8) is 0 Å². The van der Waals surface area contributed by atoms with Crippen LogP contribution in [0, 0.1) is 5.92 Å². The minimum atomic E-state index is -0.322. The van der Waals surface area contributed by atoms with Gasteiger partial charge in [-0.15, -0.1) is 0 Å². The normalized spacial score (nSPS) is 14.8. The van der Waals surface area contributed by atoms with E-state index in [1.54, 1.807) is 7.11 Å². The average Bonchev–Trinajstić information content (AvgIpc) is 2.64. The number of carbonyl (C=O) groups is 2. The highest BCUT2D eigenvalue weighted by atomic mass is 16.5. The van der Waals surface area contributed by atoms with E-state index in [1.165, 1.54) is 0 Å². The summed E-state index contributed by atoms with van der Waals surface area (Å²) in [6.07, 6.45) is 2.78. The Hall–Kier alpha value is -2.82. The molecule has 1 fully saturated rings. The summed E-state index contributed by atoms with van der Waals surface area (Å²) in [5.74, 6) is 0.130. The Bertz CT molecular complexity index is 738. The molecule has 136 valence electrons. The Morgan fingerprint density at radius 2 is 1.69 bits per heavy atom. The van der Waals surface area contributed by atoms with Gasteiger partial charge >= 0.3 is 5.97 Å². The molecular weight excluding hydrogens is 330 g/mol. The molecular formula is C21H23NO4. The van der Waals surface area contributed by atoms with E-state index in [-0.39, 0.29) is 30.4 Å². The molecule has 3 rings (SSSR count). The molecule has 0 spiro atoms. The number of methoxy groups -OCH3 is 1. The Labute approximate surface area is 153 Å². The zero-order chi connectivity index (χ0) is 18.4. The van der Waals surface area contributed by atoms with Gasteiger partial charge in [-0.25, -0.2) is 0 Å². The average molecular weight is 353 g/mol. The highest BCUT2D eigenvalue weighted by Gasteiger charge is 2.27. The zero-order valence-corrected chi connectivity index (χ0v) is 14.8. The molecule has 1 saturated carbocycles. The van der Waals surface area contributed by atoms with E-state index >= 15 is 0 Å². The second kappa shape index (κ2) is 8.52. The molecule has 1 aliphatic rings. The van der Waals surface area contributed by atoms with Gasteiger partial charge in [-0.3, -0.25) is 9.59 Å². The van der Waals surface area contributed by atoms with Crippen LogP contribution in [0.25, 0.3) is 0 Å². The van der Waals surface area contributed by atoms with E-state index in [0.717, 1.165) is 36.1 Å². The third-order valence-corrected chi connectivity index (χ3v) is 4.67. The highest BCUT2D eigenvalue weighted by Crippen LogP contribution is 2.27. The van der Waals surface area contributed by atoms with E-state index < -0.39 is 0 Å². The van der Waals surface area contributed by atoms with Crippen molar-refractivity contribution in [2.75, 3.05) is 13.7 Å². The predicted molar refractivity (Wildman–Crippen MR) is 97.7 cm³/mol. The van der Waals surface area contributed by atoms with E-state index in [0.29, 0.717) is 0 Å². The molecule has 0 saturated heterocycles. The molecule has 0 bridgehead atoms. The lowest BCUT2D eigenvalue weighted by atomic mass is 9.86. The fourth-order valence-electron chi connectivity index (χ4n) is 2.90. The number of hydrogen-bond acceptors (Lipinski definition) is 4. The molecule has 5 heteroatoms. The number of carbonyl (C=O) groups excluding carboxylic acids is 2. The number of benzene rings is 2. The smallest absolute Gasteiger partial charge is 0.309 e. The number of nitrogens with one attached hydrogen (secondary N) is 1. The Balaban J connectivity index is 1.68. The lowest BCUT2D eigenvalue weighted by Gasteiger charge is -2.24. The number of ether oxygens (including phenoxy) is 2. The van der Waals surface area contributed by atoms with Crippen molar-refractivity contribution < 1.29 is 19.1 Å². The van der Waals surface area contributed by atoms with Crippen LogP contribution in [-0.2, 0) is 14.3 Å². The fraction of sp³-hybridized carbons (Fsp3) is 0.333. The van der Waals surface area contributed by atoms with Crippen LogP contribution in [0.3, 0.4) is 0 Å². The Kier molecular flexibility index (Phi) is 5.89. The first-order chi connectivity index (χ1) is 12.7. The molecule has 1 aliphatic carbocycles. The molecule has 26 heavy (non-hydrogen) atoms. The van der Waals surface area contributed by atoms with Crippen LogP contribution >= 0.6 is 0 Å². The minimum absolute atomic E-state index is 0.0330. The number of amides is 1. The molecule has 5 nitrogen and oxygen atoms in total. The van der Waals surface area contributed by atoms with Crippen LogP contribution in [0.1, 0.15) is 36.4 Å². The summed E-state index contributed by atoms with van der Waals surface area (Å²) < 4.78 is 10.3. The lowest BCUT2D eigenvalue weighted by molar-refractivity contribution is -0.155. The Morgan fingerprint density at radius 3 is 2.27 bits per heavy atom. The minimum Gasteiger partial charge on any atom is -0.497 e. The molecule has 0 aliphatic heterocycles. The van der Waals surface area contributed by atoms with Crippen molar-refractivity contribution >= 4 is 11.9 Å². The summed E-state index contributed by atoms with van der Waals surface area (Å²) in [5, 5.41) is 2.96. The molecule has 0 radical (unpaired) electrons. The van der Waals surface area contributed by atoms with Crippen molar-refractivity contribution in [1.29, 1.82) is 0 Å². The number of hydrogen-bond donors (Lipinski definition) is 1. The summed E-state index contributed by atoms with van der Waals surface area (Å²) in [4.78, 5) is 24.2. The van der Waals surface area contributed by atoms with Crippen LogP contribution in [0.2, 0.25) is 0 Å². The van der Waals surface area contributed by atoms with Gasteiger partial charge in [0.15, 0.2) is 6.61 Å². The van der Waals surface area contributed by atoms with Crippen molar-refractivity contribution in [3.8, 4) is 5.75 Å². The monoisotopic (exact) mass is 353 g/mol. The summed E-state index contributed by atoms with van der Waals surface area (Å²) in [7, 11) is 1.61. The first-order valence-corrected chi connectivity index (χ1v) is 8.82. The molecule has 0 unspecified atom stereocenters. The van der Waals surface area contributed by atoms with Gasteiger partial charge < -0.3 is 14.8 Å². The first-order valence-electron chi connectivity index (χ1n) is 8.82. The highest BCUT2D eigenvalue weighted by molar-refractivity contribution is 5.82. The molecule has 0 aromatic heterocycles. The largest absolute Gasteiger partial charge is 0.497 e. The molecule has 1 atom stereocenters. The van der Waals surface area contributed by atoms with Crippen LogP contribution in [0.5, 0.6) is 5.75 Å². The lowest BCUT2D eigenvalue weighted by Crippen LogP contribution is -2.34. The zero-order valence-electron chi connectivity index (χ0n) is 14.8. The van der Waals surface area contributed by atoms with Crippen molar-refractivity contribution in [2.45, 2.75) is 25.3 Å². The molecule has 2 aromatic rings. The van der Waals surface area contributed by atoms with Crippen molar-refractivity contribution in [2.24, 2.45) is 5.92 Å². The van der Waals surface area contributed by atoms with Gasteiger partial charge in [0, 0.05) is 0 Å². The van der Waals surface area contributed by atoms with Gasteiger partial charge in [-0.2, -0.15) is 0 Å². The van der Waals surface area contributed by atoms with Gasteiger partial charge in [0.2, 0.25) is 0 Å². The van der Waals surface area contributed by atoms with Crippen LogP contribution < -0.4 is 10.1 Å². The summed E-state index contributed by atoms with van der Waals surface area (Å²) in [6.45, 7) is -0.255. The van der Waals surface area contributed by atoms with Gasteiger partial charge in [-0.05, 0) is 36.1 Å². The fourth-order valence-corrected chi connectivity index (χ4v) is 2.90. The topological polar surface area (TPSA) is 64.6 Å². The van der Waals surface area contributed by atoms with E-state index in [9.17, 15) is 9.59 Å². The van der Waals surface area contributed by atoms with E-state index in [1.807, 2.05) is 54.6 Å². The predicted octanol–water partition coefficient (Wildman–Crippen LogP) is 3.24. The quantitative estimate of drug-likeness (QED) is 0.776. The maximum atomic E-state index is 12.3. The second-order valence-electron chi connectivity index (χ2n) is 6.42. The molecule has 1 N–H and O–H groups in total. The third kappa shape index (κ3) is 4.42. The van der Waals surface area contributed by atoms with Crippen molar-refractivity contribution in [1.82, 2.24) is 5.32 Å². The molecule has 1 amide bonds. The van der Waals surface area contributed by atoms with E-state index in [4.69, 9.17) is 9.47 Å². The van der Waals surface area contributed by atoms with Crippen LogP contribution in [-0.4, -0.2) is 25.6 Å². The number of rotatable bonds is 7. The molecule has 0 heterocycles. The third-order valence-electron chi connectivity index (χ3n) is 4.67. The van der Waals surface area contributed by atoms with Gasteiger partial charge in [0.25, 0.3) is 5.91 Å². The van der Waals surface area contributed by atoms with Gasteiger partial charge in [0.05, 0.1) is 19.1 Å². The summed E-state index contributed by atoms with van der Waals surface area (Å²) >= 11 is 0. The van der Waals surface area contributed by atoms with Crippen molar-refractivity contribution in [3.05, 3.63) is 65.7 Å². The summed E-state index contributed by atoms with van der Waals surface area (Å²) in [6, 6.07) is 16.9. The summed E-state index contributed by atoms with van der Waals surface area (Å²) in [5.41, 5.74) is 1.88. The standard InChI is InChI=1S/C21H23NO4/c1-25-18-12-10-16(11-13-18)20(15-6-3-2-4-7-15)22-19(23)14-26-21(24)17-8-5-9-17/h2-4,6-7,10-13,17,20H,5,8-9,14H2,1H3,(H,22,23)/t20-/m0/s1. The number of esters is 1.